The minimum absolute atomic E-state index is 0.235. The van der Waals surface area contributed by atoms with E-state index >= 15 is 0 Å². The first-order valence-corrected chi connectivity index (χ1v) is 8.68. The quantitative estimate of drug-likeness (QED) is 0.901. The van der Waals surface area contributed by atoms with E-state index in [0.29, 0.717) is 29.9 Å². The number of hydrogen-bond donors (Lipinski definition) is 1. The zero-order valence-corrected chi connectivity index (χ0v) is 14.9. The van der Waals surface area contributed by atoms with Crippen molar-refractivity contribution < 1.29 is 4.79 Å². The second kappa shape index (κ2) is 7.55. The van der Waals surface area contributed by atoms with Crippen LogP contribution in [-0.4, -0.2) is 43.8 Å². The lowest BCUT2D eigenvalue weighted by atomic mass is 10.0. The maximum Gasteiger partial charge on any atom is 0.228 e. The monoisotopic (exact) mass is 340 g/mol. The highest BCUT2D eigenvalue weighted by Gasteiger charge is 2.28. The van der Waals surface area contributed by atoms with Gasteiger partial charge >= 0.3 is 0 Å². The molecular weight excluding hydrogens is 316 g/mol. The molecule has 0 unspecified atom stereocenters. The molecule has 0 saturated carbocycles. The fourth-order valence-electron chi connectivity index (χ4n) is 3.05. The second-order valence-corrected chi connectivity index (χ2v) is 6.85. The summed E-state index contributed by atoms with van der Waals surface area (Å²) in [5.74, 6) is 2.75. The van der Waals surface area contributed by atoms with Gasteiger partial charge < -0.3 is 10.2 Å². The Hall–Kier alpha value is -2.57. The molecule has 7 heteroatoms. The van der Waals surface area contributed by atoms with Crippen molar-refractivity contribution in [2.75, 3.05) is 18.4 Å². The third-order valence-corrected chi connectivity index (χ3v) is 4.21. The van der Waals surface area contributed by atoms with E-state index in [2.05, 4.69) is 39.1 Å². The van der Waals surface area contributed by atoms with E-state index in [4.69, 9.17) is 0 Å². The number of carbonyl (C=O) groups excluding carboxylic acids is 1. The minimum atomic E-state index is 0.235. The topological polar surface area (TPSA) is 83.9 Å². The van der Waals surface area contributed by atoms with Crippen molar-refractivity contribution in [2.45, 2.75) is 39.5 Å². The van der Waals surface area contributed by atoms with Gasteiger partial charge in [-0.15, -0.1) is 0 Å². The number of anilines is 2. The van der Waals surface area contributed by atoms with E-state index in [0.717, 1.165) is 25.2 Å². The summed E-state index contributed by atoms with van der Waals surface area (Å²) in [5.41, 5.74) is 0.964. The molecule has 7 nitrogen and oxygen atoms in total. The number of rotatable bonds is 5. The molecule has 1 atom stereocenters. The van der Waals surface area contributed by atoms with Gasteiger partial charge in [-0.1, -0.05) is 13.8 Å². The van der Waals surface area contributed by atoms with Gasteiger partial charge in [0, 0.05) is 43.9 Å². The first kappa shape index (κ1) is 17.3. The number of likely N-dealkylation sites (tertiary alicyclic amines) is 1. The minimum Gasteiger partial charge on any atom is -0.342 e. The standard InChI is InChI=1S/C18H24N6O/c1-12(2)9-17(25)24-8-5-14(11-24)15-10-16(22-13(3)21-15)23-18-19-6-4-7-20-18/h4,6-7,10,12,14H,5,8-9,11H2,1-3H3,(H,19,20,21,22,23)/t14-/m1/s1. The molecule has 2 aromatic rings. The number of aromatic nitrogens is 4. The van der Waals surface area contributed by atoms with Gasteiger partial charge in [-0.2, -0.15) is 0 Å². The molecule has 132 valence electrons. The van der Waals surface area contributed by atoms with E-state index in [1.807, 2.05) is 17.9 Å². The number of aryl methyl sites for hydroxylation is 1. The summed E-state index contributed by atoms with van der Waals surface area (Å²) in [6.07, 6.45) is 4.90. The predicted octanol–water partition coefficient (Wildman–Crippen LogP) is 2.68. The van der Waals surface area contributed by atoms with Crippen LogP contribution >= 0.6 is 0 Å². The van der Waals surface area contributed by atoms with Crippen molar-refractivity contribution >= 4 is 17.7 Å². The van der Waals surface area contributed by atoms with Gasteiger partial charge in [-0.05, 0) is 25.3 Å². The molecule has 0 aliphatic carbocycles. The fourth-order valence-corrected chi connectivity index (χ4v) is 3.05. The maximum atomic E-state index is 12.3. The lowest BCUT2D eigenvalue weighted by Crippen LogP contribution is -2.29. The summed E-state index contributed by atoms with van der Waals surface area (Å²) >= 11 is 0. The Balaban J connectivity index is 1.71. The molecule has 1 aliphatic rings. The lowest BCUT2D eigenvalue weighted by Gasteiger charge is -2.18. The van der Waals surface area contributed by atoms with Crippen molar-refractivity contribution in [1.82, 2.24) is 24.8 Å². The highest BCUT2D eigenvalue weighted by molar-refractivity contribution is 5.76. The summed E-state index contributed by atoms with van der Waals surface area (Å²) in [6.45, 7) is 7.54. The van der Waals surface area contributed by atoms with Crippen LogP contribution in [0.4, 0.5) is 11.8 Å². The molecule has 1 saturated heterocycles. The van der Waals surface area contributed by atoms with Crippen LogP contribution in [0.15, 0.2) is 24.5 Å². The number of nitrogens with zero attached hydrogens (tertiary/aromatic N) is 5. The summed E-state index contributed by atoms with van der Waals surface area (Å²) in [6, 6.07) is 3.70. The zero-order chi connectivity index (χ0) is 17.8. The van der Waals surface area contributed by atoms with Gasteiger partial charge in [0.05, 0.1) is 5.69 Å². The van der Waals surface area contributed by atoms with E-state index in [9.17, 15) is 4.79 Å². The van der Waals surface area contributed by atoms with Crippen molar-refractivity contribution in [3.63, 3.8) is 0 Å². The Kier molecular flexibility index (Phi) is 5.21. The van der Waals surface area contributed by atoms with Crippen LogP contribution < -0.4 is 5.32 Å². The summed E-state index contributed by atoms with van der Waals surface area (Å²) in [5, 5.41) is 3.11. The first-order valence-electron chi connectivity index (χ1n) is 8.68. The second-order valence-electron chi connectivity index (χ2n) is 6.85. The van der Waals surface area contributed by atoms with Gasteiger partial charge in [-0.3, -0.25) is 4.79 Å². The maximum absolute atomic E-state index is 12.3. The van der Waals surface area contributed by atoms with E-state index in [-0.39, 0.29) is 11.8 Å². The van der Waals surface area contributed by atoms with Gasteiger partial charge in [0.25, 0.3) is 0 Å². The molecule has 3 heterocycles. The van der Waals surface area contributed by atoms with Gasteiger partial charge in [0.15, 0.2) is 0 Å². The van der Waals surface area contributed by atoms with E-state index in [1.54, 1.807) is 18.5 Å². The molecule has 2 aromatic heterocycles. The van der Waals surface area contributed by atoms with Crippen LogP contribution in [0.2, 0.25) is 0 Å². The van der Waals surface area contributed by atoms with E-state index in [1.165, 1.54) is 0 Å². The molecule has 1 amide bonds. The molecule has 1 fully saturated rings. The van der Waals surface area contributed by atoms with Crippen LogP contribution in [-0.2, 0) is 4.79 Å². The van der Waals surface area contributed by atoms with Gasteiger partial charge in [0.1, 0.15) is 11.6 Å². The molecule has 0 aromatic carbocycles. The number of amides is 1. The first-order chi connectivity index (χ1) is 12.0. The third kappa shape index (κ3) is 4.49. The van der Waals surface area contributed by atoms with Crippen LogP contribution in [0.1, 0.15) is 44.1 Å². The molecule has 1 N–H and O–H groups in total. The molecule has 3 rings (SSSR count). The normalized spacial score (nSPS) is 17.1. The summed E-state index contributed by atoms with van der Waals surface area (Å²) in [7, 11) is 0. The highest BCUT2D eigenvalue weighted by Crippen LogP contribution is 2.28. The Morgan fingerprint density at radius 1 is 1.32 bits per heavy atom. The number of hydrogen-bond acceptors (Lipinski definition) is 6. The third-order valence-electron chi connectivity index (χ3n) is 4.21. The Morgan fingerprint density at radius 2 is 2.08 bits per heavy atom. The Labute approximate surface area is 147 Å². The van der Waals surface area contributed by atoms with Crippen LogP contribution in [0.5, 0.6) is 0 Å². The van der Waals surface area contributed by atoms with Crippen molar-refractivity contribution in [1.29, 1.82) is 0 Å². The molecule has 0 radical (unpaired) electrons. The lowest BCUT2D eigenvalue weighted by molar-refractivity contribution is -0.130. The zero-order valence-electron chi connectivity index (χ0n) is 14.9. The van der Waals surface area contributed by atoms with Crippen LogP contribution in [0.25, 0.3) is 0 Å². The summed E-state index contributed by atoms with van der Waals surface area (Å²) < 4.78 is 0. The highest BCUT2D eigenvalue weighted by atomic mass is 16.2. The number of carbonyl (C=O) groups is 1. The summed E-state index contributed by atoms with van der Waals surface area (Å²) in [4.78, 5) is 31.5. The Morgan fingerprint density at radius 3 is 2.80 bits per heavy atom. The average Bonchev–Trinajstić information content (AvgIpc) is 3.05. The molecule has 0 bridgehead atoms. The largest absolute Gasteiger partial charge is 0.342 e. The van der Waals surface area contributed by atoms with E-state index < -0.39 is 0 Å². The molecule has 0 spiro atoms. The SMILES string of the molecule is Cc1nc(Nc2ncccn2)cc([C@@H]2CCN(C(=O)CC(C)C)C2)n1. The van der Waals surface area contributed by atoms with Crippen LogP contribution in [0, 0.1) is 12.8 Å². The smallest absolute Gasteiger partial charge is 0.228 e. The van der Waals surface area contributed by atoms with Crippen LogP contribution in [0.3, 0.4) is 0 Å². The average molecular weight is 340 g/mol. The fraction of sp³-hybridized carbons (Fsp3) is 0.500. The predicted molar refractivity (Wildman–Crippen MR) is 95.5 cm³/mol. The van der Waals surface area contributed by atoms with Crippen molar-refractivity contribution in [2.24, 2.45) is 5.92 Å². The molecule has 1 aliphatic heterocycles. The Bertz CT molecular complexity index is 734. The van der Waals surface area contributed by atoms with Crippen molar-refractivity contribution in [3.05, 3.63) is 36.0 Å². The number of nitrogens with one attached hydrogen (secondary N) is 1. The molecule has 25 heavy (non-hydrogen) atoms. The van der Waals surface area contributed by atoms with Gasteiger partial charge in [0.2, 0.25) is 11.9 Å². The van der Waals surface area contributed by atoms with Crippen molar-refractivity contribution in [3.8, 4) is 0 Å². The van der Waals surface area contributed by atoms with Gasteiger partial charge in [-0.25, -0.2) is 19.9 Å². The molecular formula is C18H24N6O.